The van der Waals surface area contributed by atoms with E-state index in [4.69, 9.17) is 9.47 Å². The molecular formula is C6H11O4. The third kappa shape index (κ3) is 2.22. The average molecular weight is 147 g/mol. The van der Waals surface area contributed by atoms with Crippen molar-refractivity contribution in [2.45, 2.75) is 20.1 Å². The Bertz CT molecular complexity index is 85.7. The van der Waals surface area contributed by atoms with Gasteiger partial charge in [-0.25, -0.2) is 0 Å². The standard InChI is InChI=1S/C6H11O4/c1-3-7-5(8-4-2)6-9-10-6/h5H,3-4H2,1-2H3. The maximum absolute atomic E-state index is 5.10. The van der Waals surface area contributed by atoms with Crippen LogP contribution >= 0.6 is 0 Å². The second-order valence-electron chi connectivity index (χ2n) is 1.73. The van der Waals surface area contributed by atoms with E-state index >= 15 is 0 Å². The van der Waals surface area contributed by atoms with Crippen LogP contribution in [0.2, 0.25) is 0 Å². The van der Waals surface area contributed by atoms with Crippen molar-refractivity contribution in [1.29, 1.82) is 0 Å². The molecule has 0 N–H and O–H groups in total. The Labute approximate surface area is 59.9 Å². The van der Waals surface area contributed by atoms with Crippen molar-refractivity contribution in [3.8, 4) is 0 Å². The fourth-order valence-electron chi connectivity index (χ4n) is 0.590. The van der Waals surface area contributed by atoms with Gasteiger partial charge >= 0.3 is 6.29 Å². The van der Waals surface area contributed by atoms with Crippen molar-refractivity contribution in [1.82, 2.24) is 0 Å². The maximum Gasteiger partial charge on any atom is 0.347 e. The van der Waals surface area contributed by atoms with Crippen LogP contribution in [0.15, 0.2) is 0 Å². The zero-order valence-corrected chi connectivity index (χ0v) is 6.12. The van der Waals surface area contributed by atoms with Crippen LogP contribution in [0.1, 0.15) is 13.8 Å². The second kappa shape index (κ2) is 3.88. The Kier molecular flexibility index (Phi) is 3.08. The van der Waals surface area contributed by atoms with E-state index in [1.165, 1.54) is 0 Å². The van der Waals surface area contributed by atoms with E-state index in [1.807, 2.05) is 13.8 Å². The predicted molar refractivity (Wildman–Crippen MR) is 32.5 cm³/mol. The predicted octanol–water partition coefficient (Wildman–Crippen LogP) is 0.837. The Morgan fingerprint density at radius 1 is 1.20 bits per heavy atom. The Morgan fingerprint density at radius 3 is 2.00 bits per heavy atom. The molecular weight excluding hydrogens is 136 g/mol. The van der Waals surface area contributed by atoms with Gasteiger partial charge in [0, 0.05) is 13.2 Å². The lowest BCUT2D eigenvalue weighted by atomic mass is 10.6. The van der Waals surface area contributed by atoms with Crippen molar-refractivity contribution in [3.05, 3.63) is 6.29 Å². The summed E-state index contributed by atoms with van der Waals surface area (Å²) in [5.41, 5.74) is 0. The first-order valence-corrected chi connectivity index (χ1v) is 3.33. The first-order valence-electron chi connectivity index (χ1n) is 3.33. The molecule has 0 aromatic carbocycles. The van der Waals surface area contributed by atoms with Gasteiger partial charge in [0.2, 0.25) is 6.29 Å². The monoisotopic (exact) mass is 147 g/mol. The molecule has 1 heterocycles. The molecule has 0 amide bonds. The molecule has 1 aliphatic rings. The largest absolute Gasteiger partial charge is 0.348 e. The molecule has 59 valence electrons. The van der Waals surface area contributed by atoms with E-state index in [2.05, 4.69) is 9.78 Å². The van der Waals surface area contributed by atoms with E-state index < -0.39 is 6.29 Å². The number of hydrogen-bond donors (Lipinski definition) is 0. The fraction of sp³-hybridized carbons (Fsp3) is 0.833. The topological polar surface area (TPSA) is 43.5 Å². The van der Waals surface area contributed by atoms with Crippen LogP contribution in [0, 0.1) is 6.29 Å². The van der Waals surface area contributed by atoms with Gasteiger partial charge in [-0.1, -0.05) is 0 Å². The summed E-state index contributed by atoms with van der Waals surface area (Å²) in [6.07, 6.45) is -0.0151. The zero-order valence-electron chi connectivity index (χ0n) is 6.12. The van der Waals surface area contributed by atoms with Gasteiger partial charge in [0.15, 0.2) is 0 Å². The summed E-state index contributed by atoms with van der Waals surface area (Å²) in [4.78, 5) is 8.88. The van der Waals surface area contributed by atoms with Gasteiger partial charge in [-0.3, -0.25) is 0 Å². The lowest BCUT2D eigenvalue weighted by Gasteiger charge is -2.09. The summed E-state index contributed by atoms with van der Waals surface area (Å²) in [7, 11) is 0. The highest BCUT2D eigenvalue weighted by Crippen LogP contribution is 2.28. The van der Waals surface area contributed by atoms with Crippen LogP contribution in [0.4, 0.5) is 0 Å². The lowest BCUT2D eigenvalue weighted by Crippen LogP contribution is -2.18. The van der Waals surface area contributed by atoms with Crippen LogP contribution in [0.25, 0.3) is 0 Å². The quantitative estimate of drug-likeness (QED) is 0.328. The van der Waals surface area contributed by atoms with E-state index in [-0.39, 0.29) is 0 Å². The van der Waals surface area contributed by atoms with Crippen molar-refractivity contribution in [2.75, 3.05) is 13.2 Å². The van der Waals surface area contributed by atoms with Gasteiger partial charge in [0.1, 0.15) is 0 Å². The van der Waals surface area contributed by atoms with Crippen LogP contribution < -0.4 is 0 Å². The van der Waals surface area contributed by atoms with E-state index in [0.717, 1.165) is 0 Å². The van der Waals surface area contributed by atoms with Gasteiger partial charge in [-0.15, -0.1) is 0 Å². The van der Waals surface area contributed by atoms with Crippen molar-refractivity contribution < 1.29 is 19.2 Å². The molecule has 0 spiro atoms. The minimum absolute atomic E-state index is 0.420. The summed E-state index contributed by atoms with van der Waals surface area (Å²) in [5.74, 6) is 0. The molecule has 10 heavy (non-hydrogen) atoms. The molecule has 1 saturated heterocycles. The molecule has 4 heteroatoms. The Balaban J connectivity index is 2.13. The minimum Gasteiger partial charge on any atom is -0.348 e. The first-order chi connectivity index (χ1) is 4.88. The molecule has 1 aliphatic heterocycles. The van der Waals surface area contributed by atoms with E-state index in [1.54, 1.807) is 0 Å². The molecule has 1 rings (SSSR count). The highest BCUT2D eigenvalue weighted by atomic mass is 17.4. The molecule has 4 nitrogen and oxygen atoms in total. The Morgan fingerprint density at radius 2 is 1.70 bits per heavy atom. The van der Waals surface area contributed by atoms with Gasteiger partial charge < -0.3 is 9.47 Å². The number of ether oxygens (including phenoxy) is 2. The molecule has 0 saturated carbocycles. The summed E-state index contributed by atoms with van der Waals surface area (Å²) in [6, 6.07) is 0. The van der Waals surface area contributed by atoms with Gasteiger partial charge in [0.25, 0.3) is 0 Å². The van der Waals surface area contributed by atoms with Crippen molar-refractivity contribution in [2.24, 2.45) is 0 Å². The van der Waals surface area contributed by atoms with Gasteiger partial charge in [0.05, 0.1) is 0 Å². The summed E-state index contributed by atoms with van der Waals surface area (Å²) in [6.45, 7) is 4.94. The van der Waals surface area contributed by atoms with Gasteiger partial charge in [-0.05, 0) is 13.8 Å². The maximum atomic E-state index is 5.10. The SMILES string of the molecule is CCOC(OCC)[C]1OO1. The van der Waals surface area contributed by atoms with Crippen LogP contribution in [0.3, 0.4) is 0 Å². The molecule has 0 aromatic heterocycles. The highest BCUT2D eigenvalue weighted by Gasteiger charge is 2.40. The molecule has 0 aromatic rings. The van der Waals surface area contributed by atoms with E-state index in [9.17, 15) is 0 Å². The molecule has 0 unspecified atom stereocenters. The smallest absolute Gasteiger partial charge is 0.347 e. The third-order valence-corrected chi connectivity index (χ3v) is 1.01. The van der Waals surface area contributed by atoms with Crippen LogP contribution in [-0.4, -0.2) is 19.5 Å². The summed E-state index contributed by atoms with van der Waals surface area (Å²) in [5, 5.41) is 0. The van der Waals surface area contributed by atoms with E-state index in [0.29, 0.717) is 19.5 Å². The normalized spacial score (nSPS) is 18.3. The van der Waals surface area contributed by atoms with Crippen LogP contribution in [-0.2, 0) is 19.2 Å². The molecule has 0 bridgehead atoms. The first kappa shape index (κ1) is 7.94. The summed E-state index contributed by atoms with van der Waals surface area (Å²) < 4.78 is 10.2. The Hall–Kier alpha value is -0.160. The van der Waals surface area contributed by atoms with Gasteiger partial charge in [-0.2, -0.15) is 9.78 Å². The summed E-state index contributed by atoms with van der Waals surface area (Å²) >= 11 is 0. The lowest BCUT2D eigenvalue weighted by molar-refractivity contribution is -0.128. The second-order valence-corrected chi connectivity index (χ2v) is 1.73. The number of rotatable bonds is 5. The minimum atomic E-state index is -0.435. The molecule has 1 radical (unpaired) electrons. The zero-order chi connectivity index (χ0) is 7.40. The van der Waals surface area contributed by atoms with Crippen LogP contribution in [0.5, 0.6) is 0 Å². The number of hydrogen-bond acceptors (Lipinski definition) is 4. The van der Waals surface area contributed by atoms with Crippen molar-refractivity contribution in [3.63, 3.8) is 0 Å². The fourth-order valence-corrected chi connectivity index (χ4v) is 0.590. The molecule has 0 aliphatic carbocycles. The average Bonchev–Trinajstić information content (AvgIpc) is 2.69. The molecule has 1 fully saturated rings. The van der Waals surface area contributed by atoms with Crippen molar-refractivity contribution >= 4 is 0 Å². The molecule has 0 atom stereocenters. The highest BCUT2D eigenvalue weighted by molar-refractivity contribution is 4.74. The third-order valence-electron chi connectivity index (χ3n) is 1.01.